The molecular weight excluding hydrogens is 616 g/mol. The molecule has 250 valence electrons. The van der Waals surface area contributed by atoms with Crippen molar-refractivity contribution in [1.29, 1.82) is 0 Å². The number of ether oxygens (including phenoxy) is 2. The average molecular weight is 653 g/mol. The van der Waals surface area contributed by atoms with Crippen molar-refractivity contribution < 1.29 is 50.3 Å². The fourth-order valence-corrected chi connectivity index (χ4v) is 4.77. The molecule has 2 N–H and O–H groups in total. The first kappa shape index (κ1) is 36.7. The number of fused-ring (bicyclic) bond motifs is 1. The van der Waals surface area contributed by atoms with E-state index in [4.69, 9.17) is 24.5 Å². The highest BCUT2D eigenvalue weighted by Crippen LogP contribution is 2.37. The van der Waals surface area contributed by atoms with Gasteiger partial charge in [-0.1, -0.05) is 18.2 Å². The highest BCUT2D eigenvalue weighted by molar-refractivity contribution is 6.65. The summed E-state index contributed by atoms with van der Waals surface area (Å²) in [7, 11) is 0.964. The first-order valence-electron chi connectivity index (χ1n) is 14.4. The summed E-state index contributed by atoms with van der Waals surface area (Å²) in [6.07, 6.45) is 2.68. The van der Waals surface area contributed by atoms with Crippen LogP contribution in [0.5, 0.6) is 0 Å². The van der Waals surface area contributed by atoms with Gasteiger partial charge >= 0.3 is 19.8 Å². The summed E-state index contributed by atoms with van der Waals surface area (Å²) >= 11 is 0. The van der Waals surface area contributed by atoms with E-state index in [1.165, 1.54) is 7.11 Å². The molecule has 3 heterocycles. The number of alkyl halides is 3. The number of morpholine rings is 1. The predicted molar refractivity (Wildman–Crippen MR) is 163 cm³/mol. The second-order valence-corrected chi connectivity index (χ2v) is 11.4. The monoisotopic (exact) mass is 653 g/mol. The van der Waals surface area contributed by atoms with Gasteiger partial charge < -0.3 is 29.4 Å². The van der Waals surface area contributed by atoms with Crippen LogP contribution in [0.2, 0.25) is 0 Å². The number of nitrogens with zero attached hydrogens (tertiary/aromatic N) is 2. The van der Waals surface area contributed by atoms with E-state index in [9.17, 15) is 31.5 Å². The Labute approximate surface area is 264 Å². The van der Waals surface area contributed by atoms with Gasteiger partial charge in [0.1, 0.15) is 17.2 Å². The van der Waals surface area contributed by atoms with Crippen LogP contribution in [-0.2, 0) is 30.0 Å². The number of pyridine rings is 1. The molecule has 0 spiro atoms. The predicted octanol–water partition coefficient (Wildman–Crippen LogP) is 4.72. The lowest BCUT2D eigenvalue weighted by Gasteiger charge is -2.32. The molecule has 3 aromatic rings. The molecule has 2 aliphatic rings. The average Bonchev–Trinajstić information content (AvgIpc) is 3.21. The molecule has 2 saturated heterocycles. The number of nitrogens with two attached hydrogens (primary N) is 1. The van der Waals surface area contributed by atoms with Crippen LogP contribution in [-0.4, -0.2) is 75.3 Å². The molecule has 2 aromatic carbocycles. The topological polar surface area (TPSA) is 113 Å². The van der Waals surface area contributed by atoms with Gasteiger partial charge in [0.15, 0.2) is 0 Å². The van der Waals surface area contributed by atoms with Crippen molar-refractivity contribution in [3.8, 4) is 0 Å². The zero-order valence-electron chi connectivity index (χ0n) is 26.2. The quantitative estimate of drug-likeness (QED) is 0.231. The first-order chi connectivity index (χ1) is 21.6. The smallest absolute Gasteiger partial charge is 0.469 e. The van der Waals surface area contributed by atoms with E-state index in [1.807, 2.05) is 52.0 Å². The number of carbonyl (C=O) groups excluding carboxylic acids is 2. The molecule has 0 atom stereocenters. The van der Waals surface area contributed by atoms with Crippen molar-refractivity contribution >= 4 is 41.0 Å². The number of aryl methyl sites for hydroxylation is 1. The second-order valence-electron chi connectivity index (χ2n) is 11.4. The standard InChI is InChI=1S/C19H24BNO4.C11H12F2N2O2.CHF3/c1-18(2)19(3,4)25-20(24-18)15-10-8-13(9-11-16(22)23-5)17-14(15)7-6-12-21-17;12-8-5-7(15-1-3-17-4-2-15)6-9(13)10(8)11(14)16;2-1(3)4/h6-8,10,12H,9,11H2,1-5H3;5-6H,1-4H2,(H2,14,16);1H. The van der Waals surface area contributed by atoms with Gasteiger partial charge in [0.25, 0.3) is 5.91 Å². The summed E-state index contributed by atoms with van der Waals surface area (Å²) in [5.41, 5.74) is 6.66. The molecule has 0 radical (unpaired) electrons. The lowest BCUT2D eigenvalue weighted by atomic mass is 9.76. The Hall–Kier alpha value is -3.82. The zero-order chi connectivity index (χ0) is 34.2. The van der Waals surface area contributed by atoms with E-state index in [1.54, 1.807) is 11.1 Å². The van der Waals surface area contributed by atoms with Crippen LogP contribution in [0.3, 0.4) is 0 Å². The summed E-state index contributed by atoms with van der Waals surface area (Å²) < 4.78 is 78.3. The minimum atomic E-state index is -3.67. The number of halogens is 5. The number of esters is 1. The number of amides is 1. The van der Waals surface area contributed by atoms with Crippen LogP contribution >= 0.6 is 0 Å². The number of anilines is 1. The summed E-state index contributed by atoms with van der Waals surface area (Å²) in [4.78, 5) is 28.6. The van der Waals surface area contributed by atoms with Gasteiger partial charge in [0.2, 0.25) is 0 Å². The lowest BCUT2D eigenvalue weighted by molar-refractivity contribution is -0.140. The Bertz CT molecular complexity index is 1480. The van der Waals surface area contributed by atoms with Crippen LogP contribution in [0.4, 0.5) is 27.6 Å². The number of methoxy groups -OCH3 is 1. The normalized spacial score (nSPS) is 16.8. The summed E-state index contributed by atoms with van der Waals surface area (Å²) in [6, 6.07) is 10.2. The van der Waals surface area contributed by atoms with E-state index < -0.39 is 48.1 Å². The molecule has 1 amide bonds. The van der Waals surface area contributed by atoms with Crippen molar-refractivity contribution in [3.05, 3.63) is 65.4 Å². The highest BCUT2D eigenvalue weighted by atomic mass is 19.4. The Kier molecular flexibility index (Phi) is 12.5. The molecule has 9 nitrogen and oxygen atoms in total. The molecule has 0 saturated carbocycles. The lowest BCUT2D eigenvalue weighted by Crippen LogP contribution is -2.41. The molecule has 1 aromatic heterocycles. The van der Waals surface area contributed by atoms with Crippen molar-refractivity contribution in [2.75, 3.05) is 38.3 Å². The summed E-state index contributed by atoms with van der Waals surface area (Å²) in [6.45, 7) is 6.65. The van der Waals surface area contributed by atoms with Crippen LogP contribution in [0.25, 0.3) is 10.9 Å². The van der Waals surface area contributed by atoms with Crippen LogP contribution < -0.4 is 16.1 Å². The Morgan fingerprint density at radius 2 is 1.59 bits per heavy atom. The van der Waals surface area contributed by atoms with Crippen molar-refractivity contribution in [2.24, 2.45) is 5.73 Å². The van der Waals surface area contributed by atoms with Crippen LogP contribution in [0.1, 0.15) is 50.0 Å². The molecular formula is C31H37BF5N3O6. The number of hydrogen-bond donors (Lipinski definition) is 1. The molecule has 2 aliphatic heterocycles. The number of hydrogen-bond acceptors (Lipinski definition) is 8. The maximum Gasteiger partial charge on any atom is 0.495 e. The van der Waals surface area contributed by atoms with Crippen molar-refractivity contribution in [3.63, 3.8) is 0 Å². The maximum absolute atomic E-state index is 13.5. The molecule has 0 unspecified atom stereocenters. The van der Waals surface area contributed by atoms with E-state index in [2.05, 4.69) is 4.98 Å². The maximum atomic E-state index is 13.5. The fraction of sp³-hybridized carbons (Fsp3) is 0.452. The number of rotatable bonds is 6. The molecule has 2 fully saturated rings. The van der Waals surface area contributed by atoms with Gasteiger partial charge in [-0.05, 0) is 63.3 Å². The summed E-state index contributed by atoms with van der Waals surface area (Å²) in [5, 5.41) is 0.989. The Morgan fingerprint density at radius 3 is 2.11 bits per heavy atom. The summed E-state index contributed by atoms with van der Waals surface area (Å²) in [5.74, 6) is -3.19. The fourth-order valence-electron chi connectivity index (χ4n) is 4.77. The van der Waals surface area contributed by atoms with Gasteiger partial charge in [-0.3, -0.25) is 14.6 Å². The van der Waals surface area contributed by atoms with Crippen LogP contribution in [0.15, 0.2) is 42.6 Å². The zero-order valence-corrected chi connectivity index (χ0v) is 26.2. The number of primary amides is 1. The third-order valence-corrected chi connectivity index (χ3v) is 7.87. The van der Waals surface area contributed by atoms with Gasteiger partial charge in [0, 0.05) is 36.8 Å². The van der Waals surface area contributed by atoms with E-state index in [0.717, 1.165) is 34.1 Å². The Balaban J connectivity index is 0.000000237. The number of aromatic nitrogens is 1. The third-order valence-electron chi connectivity index (χ3n) is 7.87. The number of carbonyl (C=O) groups is 2. The minimum absolute atomic E-state index is 0.223. The molecule has 15 heteroatoms. The SMILES string of the molecule is COC(=O)CCc1ccc(B2OC(C)(C)C(C)(C)O2)c2cccnc12.FC(F)F.NC(=O)c1c(F)cc(N2CCOCC2)cc1F. The van der Waals surface area contributed by atoms with Crippen molar-refractivity contribution in [1.82, 2.24) is 4.98 Å². The molecule has 0 aliphatic carbocycles. The van der Waals surface area contributed by atoms with Crippen molar-refractivity contribution in [2.45, 2.75) is 58.4 Å². The molecule has 5 rings (SSSR count). The highest BCUT2D eigenvalue weighted by Gasteiger charge is 2.52. The van der Waals surface area contributed by atoms with Gasteiger partial charge in [0.05, 0.1) is 37.0 Å². The van der Waals surface area contributed by atoms with Gasteiger partial charge in [-0.25, -0.2) is 8.78 Å². The number of benzene rings is 2. The minimum Gasteiger partial charge on any atom is -0.469 e. The van der Waals surface area contributed by atoms with Gasteiger partial charge in [-0.15, -0.1) is 0 Å². The Morgan fingerprint density at radius 1 is 1.02 bits per heavy atom. The second kappa shape index (κ2) is 15.7. The van der Waals surface area contributed by atoms with Gasteiger partial charge in [-0.2, -0.15) is 13.2 Å². The molecule has 0 bridgehead atoms. The van der Waals surface area contributed by atoms with E-state index in [0.29, 0.717) is 44.8 Å². The molecule has 46 heavy (non-hydrogen) atoms. The van der Waals surface area contributed by atoms with Crippen LogP contribution in [0, 0.1) is 11.6 Å². The van der Waals surface area contributed by atoms with E-state index >= 15 is 0 Å². The first-order valence-corrected chi connectivity index (χ1v) is 14.4. The largest absolute Gasteiger partial charge is 0.495 e. The van der Waals surface area contributed by atoms with E-state index in [-0.39, 0.29) is 5.97 Å². The third kappa shape index (κ3) is 9.14.